The minimum atomic E-state index is -0.658. The zero-order valence-corrected chi connectivity index (χ0v) is 16.2. The van der Waals surface area contributed by atoms with Gasteiger partial charge in [-0.05, 0) is 42.5 Å². The van der Waals surface area contributed by atoms with Crippen LogP contribution in [0.15, 0.2) is 66.7 Å². The van der Waals surface area contributed by atoms with E-state index >= 15 is 0 Å². The van der Waals surface area contributed by atoms with E-state index in [4.69, 9.17) is 4.74 Å². The van der Waals surface area contributed by atoms with Gasteiger partial charge in [-0.25, -0.2) is 4.90 Å². The molecule has 0 aromatic heterocycles. The summed E-state index contributed by atoms with van der Waals surface area (Å²) < 4.78 is 4.98. The number of fused-ring (bicyclic) bond motifs is 1. The average molecular weight is 417 g/mol. The van der Waals surface area contributed by atoms with Crippen LogP contribution in [0.2, 0.25) is 0 Å². The first kappa shape index (κ1) is 19.8. The molecule has 0 saturated carbocycles. The number of carbonyl (C=O) groups excluding carboxylic acids is 3. The molecule has 3 aromatic carbocycles. The average Bonchev–Trinajstić information content (AvgIpc) is 3.04. The lowest BCUT2D eigenvalue weighted by Crippen LogP contribution is -2.29. The molecular weight excluding hydrogens is 402 g/mol. The number of para-hydroxylation sites is 1. The van der Waals surface area contributed by atoms with Crippen molar-refractivity contribution in [3.63, 3.8) is 0 Å². The van der Waals surface area contributed by atoms with Crippen molar-refractivity contribution >= 4 is 34.8 Å². The molecule has 3 amide bonds. The summed E-state index contributed by atoms with van der Waals surface area (Å²) in [6.07, 6.45) is 0. The highest BCUT2D eigenvalue weighted by molar-refractivity contribution is 6.34. The van der Waals surface area contributed by atoms with Gasteiger partial charge in [-0.2, -0.15) is 0 Å². The lowest BCUT2D eigenvalue weighted by molar-refractivity contribution is -0.384. The lowest BCUT2D eigenvalue weighted by atomic mass is 10.1. The van der Waals surface area contributed by atoms with Crippen molar-refractivity contribution in [3.05, 3.63) is 93.5 Å². The van der Waals surface area contributed by atoms with Crippen LogP contribution in [0, 0.1) is 10.1 Å². The molecule has 0 fully saturated rings. The van der Waals surface area contributed by atoms with Crippen LogP contribution < -0.4 is 15.0 Å². The second-order valence-electron chi connectivity index (χ2n) is 6.64. The van der Waals surface area contributed by atoms with Gasteiger partial charge in [0.2, 0.25) is 0 Å². The quantitative estimate of drug-likeness (QED) is 0.384. The van der Waals surface area contributed by atoms with E-state index in [0.29, 0.717) is 5.69 Å². The minimum Gasteiger partial charge on any atom is -0.496 e. The maximum atomic E-state index is 12.8. The number of hydrogen-bond donors (Lipinski definition) is 1. The van der Waals surface area contributed by atoms with Crippen LogP contribution in [0.5, 0.6) is 5.75 Å². The second kappa shape index (κ2) is 7.71. The number of carbonyl (C=O) groups is 3. The molecule has 0 spiro atoms. The zero-order chi connectivity index (χ0) is 22.1. The van der Waals surface area contributed by atoms with Gasteiger partial charge in [0.05, 0.1) is 34.9 Å². The summed E-state index contributed by atoms with van der Waals surface area (Å²) >= 11 is 0. The monoisotopic (exact) mass is 417 g/mol. The van der Waals surface area contributed by atoms with Gasteiger partial charge < -0.3 is 10.1 Å². The molecule has 3 aromatic rings. The summed E-state index contributed by atoms with van der Waals surface area (Å²) in [5.74, 6) is -1.41. The Bertz CT molecular complexity index is 1240. The first-order valence-corrected chi connectivity index (χ1v) is 9.12. The highest BCUT2D eigenvalue weighted by atomic mass is 16.6. The van der Waals surface area contributed by atoms with E-state index in [9.17, 15) is 24.5 Å². The maximum Gasteiger partial charge on any atom is 0.296 e. The van der Waals surface area contributed by atoms with Crippen LogP contribution in [0.3, 0.4) is 0 Å². The SMILES string of the molecule is COc1ccc(NC(=O)c2ccc3c(c2)C(=O)N(c2ccccc2)C3=O)c([N+](=O)[O-])c1. The summed E-state index contributed by atoms with van der Waals surface area (Å²) in [6.45, 7) is 0. The Morgan fingerprint density at radius 1 is 0.968 bits per heavy atom. The predicted molar refractivity (Wildman–Crippen MR) is 112 cm³/mol. The Morgan fingerprint density at radius 3 is 2.35 bits per heavy atom. The third-order valence-electron chi connectivity index (χ3n) is 4.81. The zero-order valence-electron chi connectivity index (χ0n) is 16.2. The molecule has 1 aliphatic heterocycles. The van der Waals surface area contributed by atoms with Crippen molar-refractivity contribution in [1.82, 2.24) is 0 Å². The van der Waals surface area contributed by atoms with Gasteiger partial charge in [0.1, 0.15) is 11.4 Å². The molecule has 154 valence electrons. The third-order valence-corrected chi connectivity index (χ3v) is 4.81. The second-order valence-corrected chi connectivity index (χ2v) is 6.64. The fourth-order valence-electron chi connectivity index (χ4n) is 3.28. The summed E-state index contributed by atoms with van der Waals surface area (Å²) in [7, 11) is 1.37. The van der Waals surface area contributed by atoms with Crippen molar-refractivity contribution in [2.45, 2.75) is 0 Å². The molecule has 0 unspecified atom stereocenters. The Labute approximate surface area is 176 Å². The van der Waals surface area contributed by atoms with E-state index in [1.165, 1.54) is 43.5 Å². The number of benzene rings is 3. The van der Waals surface area contributed by atoms with Crippen molar-refractivity contribution in [3.8, 4) is 5.75 Å². The van der Waals surface area contributed by atoms with Crippen LogP contribution in [-0.4, -0.2) is 29.8 Å². The maximum absolute atomic E-state index is 12.8. The van der Waals surface area contributed by atoms with Crippen molar-refractivity contribution < 1.29 is 24.0 Å². The molecule has 9 nitrogen and oxygen atoms in total. The number of nitro groups is 1. The van der Waals surface area contributed by atoms with E-state index in [1.807, 2.05) is 0 Å². The molecule has 31 heavy (non-hydrogen) atoms. The van der Waals surface area contributed by atoms with E-state index in [2.05, 4.69) is 5.32 Å². The van der Waals surface area contributed by atoms with E-state index in [0.717, 1.165) is 4.90 Å². The van der Waals surface area contributed by atoms with Crippen LogP contribution >= 0.6 is 0 Å². The Balaban J connectivity index is 1.64. The normalized spacial score (nSPS) is 12.5. The van der Waals surface area contributed by atoms with Gasteiger partial charge in [-0.15, -0.1) is 0 Å². The van der Waals surface area contributed by atoms with E-state index in [-0.39, 0.29) is 33.8 Å². The molecule has 1 aliphatic rings. The molecule has 1 heterocycles. The molecule has 0 saturated heterocycles. The Hall–Kier alpha value is -4.53. The number of hydrogen-bond acceptors (Lipinski definition) is 6. The third kappa shape index (κ3) is 3.48. The number of nitrogens with zero attached hydrogens (tertiary/aromatic N) is 2. The minimum absolute atomic E-state index is 0.0235. The molecule has 0 radical (unpaired) electrons. The molecule has 0 atom stereocenters. The highest BCUT2D eigenvalue weighted by Gasteiger charge is 2.37. The number of imide groups is 1. The predicted octanol–water partition coefficient (Wildman–Crippen LogP) is 3.66. The first-order chi connectivity index (χ1) is 14.9. The van der Waals surface area contributed by atoms with E-state index < -0.39 is 22.6 Å². The largest absolute Gasteiger partial charge is 0.496 e. The summed E-state index contributed by atoms with van der Waals surface area (Å²) in [5, 5.41) is 13.8. The number of amides is 3. The topological polar surface area (TPSA) is 119 Å². The Kier molecular flexibility index (Phi) is 4.92. The lowest BCUT2D eigenvalue weighted by Gasteiger charge is -2.13. The van der Waals surface area contributed by atoms with Crippen LogP contribution in [0.1, 0.15) is 31.1 Å². The Morgan fingerprint density at radius 2 is 1.68 bits per heavy atom. The van der Waals surface area contributed by atoms with Crippen molar-refractivity contribution in [2.75, 3.05) is 17.3 Å². The smallest absolute Gasteiger partial charge is 0.296 e. The highest BCUT2D eigenvalue weighted by Crippen LogP contribution is 2.31. The van der Waals surface area contributed by atoms with Crippen LogP contribution in [0.25, 0.3) is 0 Å². The molecule has 4 rings (SSSR count). The van der Waals surface area contributed by atoms with Gasteiger partial charge in [0.15, 0.2) is 0 Å². The van der Waals surface area contributed by atoms with Gasteiger partial charge >= 0.3 is 0 Å². The summed E-state index contributed by atoms with van der Waals surface area (Å²) in [4.78, 5) is 49.9. The fraction of sp³-hybridized carbons (Fsp3) is 0.0455. The number of ether oxygens (including phenoxy) is 1. The van der Waals surface area contributed by atoms with Gasteiger partial charge in [-0.3, -0.25) is 24.5 Å². The fourth-order valence-corrected chi connectivity index (χ4v) is 3.28. The molecule has 1 N–H and O–H groups in total. The standard InChI is InChI=1S/C22H15N3O6/c1-31-15-8-10-18(19(12-15)25(29)30)23-20(26)13-7-9-16-17(11-13)22(28)24(21(16)27)14-5-3-2-4-6-14/h2-12H,1H3,(H,23,26). The van der Waals surface area contributed by atoms with Crippen LogP contribution in [0.4, 0.5) is 17.1 Å². The number of anilines is 2. The van der Waals surface area contributed by atoms with E-state index in [1.54, 1.807) is 30.3 Å². The number of nitro benzene ring substituents is 1. The van der Waals surface area contributed by atoms with Crippen molar-refractivity contribution in [1.29, 1.82) is 0 Å². The summed E-state index contributed by atoms with van der Waals surface area (Å²) in [5.41, 5.74) is 0.417. The number of methoxy groups -OCH3 is 1. The molecule has 9 heteroatoms. The molecule has 0 aliphatic carbocycles. The van der Waals surface area contributed by atoms with Crippen LogP contribution in [-0.2, 0) is 0 Å². The van der Waals surface area contributed by atoms with Crippen molar-refractivity contribution in [2.24, 2.45) is 0 Å². The first-order valence-electron chi connectivity index (χ1n) is 9.12. The van der Waals surface area contributed by atoms with Gasteiger partial charge in [-0.1, -0.05) is 18.2 Å². The van der Waals surface area contributed by atoms with Gasteiger partial charge in [0, 0.05) is 5.56 Å². The number of rotatable bonds is 5. The molecule has 0 bridgehead atoms. The summed E-state index contributed by atoms with van der Waals surface area (Å²) in [6, 6.07) is 16.6. The molecular formula is C22H15N3O6. The number of nitrogens with one attached hydrogen (secondary N) is 1. The van der Waals surface area contributed by atoms with Gasteiger partial charge in [0.25, 0.3) is 23.4 Å².